The monoisotopic (exact) mass is 349 g/mol. The fourth-order valence-electron chi connectivity index (χ4n) is 3.61. The molecule has 0 spiro atoms. The van der Waals surface area contributed by atoms with Gasteiger partial charge in [-0.15, -0.1) is 0 Å². The van der Waals surface area contributed by atoms with Crippen molar-refractivity contribution in [1.82, 2.24) is 25.4 Å². The number of pyridine rings is 1. The second-order valence-corrected chi connectivity index (χ2v) is 6.83. The number of rotatable bonds is 3. The van der Waals surface area contributed by atoms with Crippen LogP contribution in [0.25, 0.3) is 22.3 Å². The van der Waals surface area contributed by atoms with Crippen molar-refractivity contribution in [2.45, 2.75) is 25.8 Å². The Bertz CT molecular complexity index is 942. The molecule has 0 saturated carbocycles. The summed E-state index contributed by atoms with van der Waals surface area (Å²) in [5.41, 5.74) is 3.99. The fourth-order valence-corrected chi connectivity index (χ4v) is 3.61. The van der Waals surface area contributed by atoms with E-state index in [-0.39, 0.29) is 11.9 Å². The lowest BCUT2D eigenvalue weighted by molar-refractivity contribution is 0.0931. The van der Waals surface area contributed by atoms with Gasteiger partial charge in [-0.25, -0.2) is 4.98 Å². The molecular formula is C20H23N5O. The summed E-state index contributed by atoms with van der Waals surface area (Å²) in [6, 6.07) is 12.0. The number of carbonyl (C=O) groups is 1. The quantitative estimate of drug-likeness (QED) is 0.762. The lowest BCUT2D eigenvalue weighted by Gasteiger charge is -2.24. The van der Waals surface area contributed by atoms with E-state index in [4.69, 9.17) is 4.98 Å². The van der Waals surface area contributed by atoms with Crippen molar-refractivity contribution in [3.05, 3.63) is 47.7 Å². The molecule has 2 aromatic heterocycles. The first kappa shape index (κ1) is 16.7. The van der Waals surface area contributed by atoms with Crippen LogP contribution in [-0.2, 0) is 7.05 Å². The van der Waals surface area contributed by atoms with Gasteiger partial charge in [0, 0.05) is 18.7 Å². The number of aromatic nitrogens is 3. The number of aryl methyl sites for hydroxylation is 2. The highest BCUT2D eigenvalue weighted by Crippen LogP contribution is 2.27. The molecule has 134 valence electrons. The first-order valence-electron chi connectivity index (χ1n) is 9.05. The molecule has 3 aromatic rings. The van der Waals surface area contributed by atoms with E-state index in [9.17, 15) is 4.79 Å². The first-order chi connectivity index (χ1) is 12.6. The number of hydrogen-bond donors (Lipinski definition) is 2. The standard InChI is InChI=1S/C20H23N5O/c1-13-18-16(20(26)22-15-8-10-21-11-9-15)12-17(14-6-4-3-5-7-14)23-19(18)25(2)24-13/h3-7,12,15,21H,8-11H2,1-2H3,(H,22,26). The van der Waals surface area contributed by atoms with E-state index in [1.54, 1.807) is 4.68 Å². The van der Waals surface area contributed by atoms with Crippen LogP contribution >= 0.6 is 0 Å². The summed E-state index contributed by atoms with van der Waals surface area (Å²) in [7, 11) is 1.87. The molecule has 3 heterocycles. The molecule has 1 fully saturated rings. The van der Waals surface area contributed by atoms with Gasteiger partial charge < -0.3 is 10.6 Å². The molecule has 2 N–H and O–H groups in total. The van der Waals surface area contributed by atoms with Gasteiger partial charge in [0.2, 0.25) is 0 Å². The number of hydrogen-bond acceptors (Lipinski definition) is 4. The minimum Gasteiger partial charge on any atom is -0.349 e. The number of fused-ring (bicyclic) bond motifs is 1. The maximum atomic E-state index is 13.1. The Morgan fingerprint density at radius 3 is 2.69 bits per heavy atom. The molecule has 6 nitrogen and oxygen atoms in total. The predicted octanol–water partition coefficient (Wildman–Crippen LogP) is 2.43. The van der Waals surface area contributed by atoms with Crippen LogP contribution in [0.15, 0.2) is 36.4 Å². The lowest BCUT2D eigenvalue weighted by Crippen LogP contribution is -2.42. The number of nitrogens with zero attached hydrogens (tertiary/aromatic N) is 3. The molecule has 0 radical (unpaired) electrons. The Hall–Kier alpha value is -2.73. The SMILES string of the molecule is Cc1nn(C)c2nc(-c3ccccc3)cc(C(=O)NC3CCNCC3)c12. The lowest BCUT2D eigenvalue weighted by atomic mass is 10.0. The Labute approximate surface area is 152 Å². The summed E-state index contributed by atoms with van der Waals surface area (Å²) in [5.74, 6) is -0.0439. The van der Waals surface area contributed by atoms with Gasteiger partial charge in [-0.05, 0) is 38.9 Å². The van der Waals surface area contributed by atoms with Gasteiger partial charge in [0.05, 0.1) is 22.3 Å². The van der Waals surface area contributed by atoms with Crippen molar-refractivity contribution < 1.29 is 4.79 Å². The third kappa shape index (κ3) is 3.08. The molecule has 1 aromatic carbocycles. The molecule has 0 atom stereocenters. The van der Waals surface area contributed by atoms with Crippen molar-refractivity contribution in [3.63, 3.8) is 0 Å². The summed E-state index contributed by atoms with van der Waals surface area (Å²) < 4.78 is 1.75. The van der Waals surface area contributed by atoms with E-state index in [0.717, 1.165) is 53.9 Å². The van der Waals surface area contributed by atoms with Crippen molar-refractivity contribution in [3.8, 4) is 11.3 Å². The average molecular weight is 349 g/mol. The second kappa shape index (κ2) is 6.88. The molecule has 0 unspecified atom stereocenters. The topological polar surface area (TPSA) is 71.8 Å². The zero-order chi connectivity index (χ0) is 18.1. The van der Waals surface area contributed by atoms with Crippen LogP contribution in [0.5, 0.6) is 0 Å². The molecule has 4 rings (SSSR count). The van der Waals surface area contributed by atoms with Gasteiger partial charge in [-0.2, -0.15) is 5.10 Å². The molecular weight excluding hydrogens is 326 g/mol. The van der Waals surface area contributed by atoms with E-state index in [1.807, 2.05) is 50.4 Å². The van der Waals surface area contributed by atoms with Crippen LogP contribution in [0, 0.1) is 6.92 Å². The van der Waals surface area contributed by atoms with Gasteiger partial charge in [0.1, 0.15) is 0 Å². The van der Waals surface area contributed by atoms with E-state index in [2.05, 4.69) is 15.7 Å². The van der Waals surface area contributed by atoms with E-state index in [1.165, 1.54) is 0 Å². The van der Waals surface area contributed by atoms with Crippen LogP contribution < -0.4 is 10.6 Å². The number of amides is 1. The summed E-state index contributed by atoms with van der Waals surface area (Å²) in [6.45, 7) is 3.81. The van der Waals surface area contributed by atoms with Crippen molar-refractivity contribution in [2.24, 2.45) is 7.05 Å². The first-order valence-corrected chi connectivity index (χ1v) is 9.05. The molecule has 1 aliphatic rings. The molecule has 6 heteroatoms. The van der Waals surface area contributed by atoms with Crippen LogP contribution in [0.2, 0.25) is 0 Å². The Balaban J connectivity index is 1.79. The third-order valence-electron chi connectivity index (χ3n) is 4.96. The molecule has 1 amide bonds. The minimum atomic E-state index is -0.0439. The largest absolute Gasteiger partial charge is 0.349 e. The van der Waals surface area contributed by atoms with Gasteiger partial charge >= 0.3 is 0 Å². The summed E-state index contributed by atoms with van der Waals surface area (Å²) >= 11 is 0. The van der Waals surface area contributed by atoms with Gasteiger partial charge in [-0.3, -0.25) is 9.48 Å². The van der Waals surface area contributed by atoms with Gasteiger partial charge in [-0.1, -0.05) is 30.3 Å². The Kier molecular flexibility index (Phi) is 4.42. The summed E-state index contributed by atoms with van der Waals surface area (Å²) in [6.07, 6.45) is 1.91. The van der Waals surface area contributed by atoms with Gasteiger partial charge in [0.25, 0.3) is 5.91 Å². The highest BCUT2D eigenvalue weighted by molar-refractivity contribution is 6.07. The number of nitrogens with one attached hydrogen (secondary N) is 2. The zero-order valence-corrected chi connectivity index (χ0v) is 15.1. The van der Waals surface area contributed by atoms with Crippen molar-refractivity contribution in [2.75, 3.05) is 13.1 Å². The maximum Gasteiger partial charge on any atom is 0.252 e. The van der Waals surface area contributed by atoms with Gasteiger partial charge in [0.15, 0.2) is 5.65 Å². The zero-order valence-electron chi connectivity index (χ0n) is 15.1. The van der Waals surface area contributed by atoms with Crippen LogP contribution in [-0.4, -0.2) is 39.8 Å². The normalized spacial score (nSPS) is 15.3. The number of benzene rings is 1. The van der Waals surface area contributed by atoms with E-state index >= 15 is 0 Å². The van der Waals surface area contributed by atoms with Crippen molar-refractivity contribution in [1.29, 1.82) is 0 Å². The van der Waals surface area contributed by atoms with Crippen molar-refractivity contribution >= 4 is 16.9 Å². The molecule has 0 bridgehead atoms. The maximum absolute atomic E-state index is 13.1. The van der Waals surface area contributed by atoms with E-state index in [0.29, 0.717) is 5.56 Å². The number of carbonyl (C=O) groups excluding carboxylic acids is 1. The smallest absolute Gasteiger partial charge is 0.252 e. The van der Waals surface area contributed by atoms with Crippen LogP contribution in [0.4, 0.5) is 0 Å². The predicted molar refractivity (Wildman–Crippen MR) is 102 cm³/mol. The Morgan fingerprint density at radius 2 is 1.96 bits per heavy atom. The fraction of sp³-hybridized carbons (Fsp3) is 0.350. The third-order valence-corrected chi connectivity index (χ3v) is 4.96. The van der Waals surface area contributed by atoms with E-state index < -0.39 is 0 Å². The van der Waals surface area contributed by atoms with Crippen LogP contribution in [0.3, 0.4) is 0 Å². The highest BCUT2D eigenvalue weighted by atomic mass is 16.1. The Morgan fingerprint density at radius 1 is 1.23 bits per heavy atom. The average Bonchev–Trinajstić information content (AvgIpc) is 2.96. The molecule has 1 aliphatic heterocycles. The highest BCUT2D eigenvalue weighted by Gasteiger charge is 2.22. The van der Waals surface area contributed by atoms with Crippen LogP contribution in [0.1, 0.15) is 28.9 Å². The molecule has 26 heavy (non-hydrogen) atoms. The number of piperidine rings is 1. The summed E-state index contributed by atoms with van der Waals surface area (Å²) in [5, 5.41) is 11.8. The second-order valence-electron chi connectivity index (χ2n) is 6.83. The summed E-state index contributed by atoms with van der Waals surface area (Å²) in [4.78, 5) is 17.8. The molecule has 1 saturated heterocycles. The minimum absolute atomic E-state index is 0.0439. The molecule has 0 aliphatic carbocycles.